The predicted octanol–water partition coefficient (Wildman–Crippen LogP) is 5.77. The first-order valence-electron chi connectivity index (χ1n) is 10.7. The van der Waals surface area contributed by atoms with Gasteiger partial charge in [0.15, 0.2) is 0 Å². The van der Waals surface area contributed by atoms with Gasteiger partial charge in [0, 0.05) is 35.7 Å². The fourth-order valence-corrected chi connectivity index (χ4v) is 4.92. The summed E-state index contributed by atoms with van der Waals surface area (Å²) in [6.07, 6.45) is 7.54. The molecule has 5 rings (SSSR count). The molecular weight excluding hydrogens is 382 g/mol. The maximum atomic E-state index is 12.5. The van der Waals surface area contributed by atoms with Gasteiger partial charge in [-0.3, -0.25) is 4.79 Å². The largest absolute Gasteiger partial charge is 0.343 e. The van der Waals surface area contributed by atoms with Crippen LogP contribution in [-0.2, 0) is 0 Å². The van der Waals surface area contributed by atoms with Crippen molar-refractivity contribution in [3.63, 3.8) is 0 Å². The van der Waals surface area contributed by atoms with E-state index in [1.54, 1.807) is 0 Å². The van der Waals surface area contributed by atoms with Gasteiger partial charge < -0.3 is 9.88 Å². The number of carbonyl (C=O) groups is 1. The highest BCUT2D eigenvalue weighted by atomic mass is 35.5. The van der Waals surface area contributed by atoms with Crippen molar-refractivity contribution >= 4 is 28.5 Å². The maximum absolute atomic E-state index is 12.5. The Balaban J connectivity index is 1.46. The summed E-state index contributed by atoms with van der Waals surface area (Å²) in [6.45, 7) is 1.77. The highest BCUT2D eigenvalue weighted by Gasteiger charge is 2.25. The average molecular weight is 408 g/mol. The smallest absolute Gasteiger partial charge is 0.253 e. The summed E-state index contributed by atoms with van der Waals surface area (Å²) in [5, 5.41) is 1.59. The third-order valence-corrected chi connectivity index (χ3v) is 6.80. The van der Waals surface area contributed by atoms with Crippen LogP contribution in [0.4, 0.5) is 0 Å². The van der Waals surface area contributed by atoms with Crippen molar-refractivity contribution in [2.45, 2.75) is 44.4 Å². The van der Waals surface area contributed by atoms with Gasteiger partial charge in [0.25, 0.3) is 5.91 Å². The van der Waals surface area contributed by atoms with Crippen LogP contribution in [0.3, 0.4) is 0 Å². The van der Waals surface area contributed by atoms with Crippen LogP contribution >= 0.6 is 11.6 Å². The van der Waals surface area contributed by atoms with Crippen LogP contribution in [0.15, 0.2) is 42.5 Å². The van der Waals surface area contributed by atoms with Crippen molar-refractivity contribution in [3.05, 3.63) is 64.4 Å². The first-order chi connectivity index (χ1) is 14.2. The van der Waals surface area contributed by atoms with Crippen molar-refractivity contribution in [2.75, 3.05) is 13.1 Å². The summed E-state index contributed by atoms with van der Waals surface area (Å²) in [6, 6.07) is 14.3. The van der Waals surface area contributed by atoms with Crippen LogP contribution in [0.1, 0.15) is 66.1 Å². The monoisotopic (exact) mass is 407 g/mol. The number of hydrogen-bond acceptors (Lipinski definition) is 2. The Bertz CT molecular complexity index is 1020. The van der Waals surface area contributed by atoms with Gasteiger partial charge in [-0.2, -0.15) is 0 Å². The zero-order chi connectivity index (χ0) is 19.8. The molecule has 5 heteroatoms. The van der Waals surface area contributed by atoms with E-state index in [0.29, 0.717) is 5.15 Å². The number of amides is 1. The minimum atomic E-state index is 0.152. The number of nitrogens with one attached hydrogen (secondary N) is 1. The SMILES string of the molecule is O=C(c1ccc(C(CC2CCCC2)c2cc3ccc(Cl)nc3[nH]2)cc1)N1CCC1. The standard InChI is InChI=1S/C24H26ClN3O/c25-22-11-10-19-15-21(26-23(19)27-22)20(14-16-4-1-2-5-16)17-6-8-18(9-7-17)24(29)28-12-3-13-28/h6-11,15-16,20H,1-5,12-14H2,(H,26,27). The molecule has 0 spiro atoms. The fourth-order valence-electron chi connectivity index (χ4n) is 4.77. The minimum Gasteiger partial charge on any atom is -0.343 e. The Hall–Kier alpha value is -2.33. The number of hydrogen-bond donors (Lipinski definition) is 1. The Morgan fingerprint density at radius 3 is 2.55 bits per heavy atom. The van der Waals surface area contributed by atoms with Crippen LogP contribution in [0, 0.1) is 5.92 Å². The number of aromatic nitrogens is 2. The van der Waals surface area contributed by atoms with E-state index in [-0.39, 0.29) is 11.8 Å². The van der Waals surface area contributed by atoms with Crippen molar-refractivity contribution < 1.29 is 4.79 Å². The van der Waals surface area contributed by atoms with Gasteiger partial charge >= 0.3 is 0 Å². The van der Waals surface area contributed by atoms with Crippen molar-refractivity contribution in [1.29, 1.82) is 0 Å². The number of rotatable bonds is 5. The average Bonchev–Trinajstić information content (AvgIpc) is 3.34. The Labute approximate surface area is 176 Å². The molecule has 4 nitrogen and oxygen atoms in total. The summed E-state index contributed by atoms with van der Waals surface area (Å²) in [7, 11) is 0. The van der Waals surface area contributed by atoms with E-state index in [4.69, 9.17) is 11.6 Å². The third-order valence-electron chi connectivity index (χ3n) is 6.59. The van der Waals surface area contributed by atoms with Gasteiger partial charge in [-0.05, 0) is 54.7 Å². The first-order valence-corrected chi connectivity index (χ1v) is 11.1. The summed E-state index contributed by atoms with van der Waals surface area (Å²) < 4.78 is 0. The van der Waals surface area contributed by atoms with Crippen LogP contribution in [-0.4, -0.2) is 33.9 Å². The van der Waals surface area contributed by atoms with Gasteiger partial charge in [-0.1, -0.05) is 49.4 Å². The molecule has 0 bridgehead atoms. The van der Waals surface area contributed by atoms with Gasteiger partial charge in [0.1, 0.15) is 10.8 Å². The number of halogens is 1. The predicted molar refractivity (Wildman–Crippen MR) is 116 cm³/mol. The third kappa shape index (κ3) is 3.78. The molecule has 1 saturated carbocycles. The molecule has 2 aliphatic rings. The molecule has 1 aliphatic heterocycles. The molecule has 150 valence electrons. The maximum Gasteiger partial charge on any atom is 0.253 e. The van der Waals surface area contributed by atoms with E-state index >= 15 is 0 Å². The van der Waals surface area contributed by atoms with E-state index in [1.807, 2.05) is 29.2 Å². The molecule has 2 fully saturated rings. The molecule has 1 saturated heterocycles. The molecule has 1 aromatic carbocycles. The minimum absolute atomic E-state index is 0.152. The lowest BCUT2D eigenvalue weighted by Crippen LogP contribution is -2.41. The number of benzene rings is 1. The molecule has 1 unspecified atom stereocenters. The van der Waals surface area contributed by atoms with E-state index in [1.165, 1.54) is 36.9 Å². The van der Waals surface area contributed by atoms with Crippen LogP contribution in [0.2, 0.25) is 5.15 Å². The number of likely N-dealkylation sites (tertiary alicyclic amines) is 1. The van der Waals surface area contributed by atoms with E-state index < -0.39 is 0 Å². The molecular formula is C24H26ClN3O. The number of carbonyl (C=O) groups excluding carboxylic acids is 1. The lowest BCUT2D eigenvalue weighted by molar-refractivity contribution is 0.0652. The van der Waals surface area contributed by atoms with E-state index in [2.05, 4.69) is 28.2 Å². The first kappa shape index (κ1) is 18.7. The summed E-state index contributed by atoms with van der Waals surface area (Å²) in [5.74, 6) is 1.18. The van der Waals surface area contributed by atoms with Gasteiger partial charge in [0.2, 0.25) is 0 Å². The Kier molecular flexibility index (Phi) is 5.04. The van der Waals surface area contributed by atoms with Crippen LogP contribution in [0.5, 0.6) is 0 Å². The number of nitrogens with zero attached hydrogens (tertiary/aromatic N) is 2. The van der Waals surface area contributed by atoms with Crippen molar-refractivity contribution in [3.8, 4) is 0 Å². The lowest BCUT2D eigenvalue weighted by atomic mass is 9.85. The molecule has 0 radical (unpaired) electrons. The number of H-pyrrole nitrogens is 1. The Morgan fingerprint density at radius 2 is 1.86 bits per heavy atom. The zero-order valence-corrected chi connectivity index (χ0v) is 17.3. The summed E-state index contributed by atoms with van der Waals surface area (Å²) in [5.41, 5.74) is 4.07. The zero-order valence-electron chi connectivity index (χ0n) is 16.5. The van der Waals surface area contributed by atoms with Gasteiger partial charge in [-0.15, -0.1) is 0 Å². The van der Waals surface area contributed by atoms with E-state index in [9.17, 15) is 4.79 Å². The molecule has 1 N–H and O–H groups in total. The summed E-state index contributed by atoms with van der Waals surface area (Å²) in [4.78, 5) is 22.4. The van der Waals surface area contributed by atoms with Crippen molar-refractivity contribution in [1.82, 2.24) is 14.9 Å². The molecule has 3 aromatic rings. The molecule has 2 aromatic heterocycles. The number of fused-ring (bicyclic) bond motifs is 1. The van der Waals surface area contributed by atoms with Gasteiger partial charge in [-0.25, -0.2) is 4.98 Å². The highest BCUT2D eigenvalue weighted by Crippen LogP contribution is 2.38. The molecule has 1 atom stereocenters. The normalized spacial score (nSPS) is 18.2. The van der Waals surface area contributed by atoms with Gasteiger partial charge in [0.05, 0.1) is 0 Å². The molecule has 29 heavy (non-hydrogen) atoms. The lowest BCUT2D eigenvalue weighted by Gasteiger charge is -2.31. The number of aromatic amines is 1. The topological polar surface area (TPSA) is 49.0 Å². The molecule has 1 aliphatic carbocycles. The molecule has 1 amide bonds. The second-order valence-electron chi connectivity index (χ2n) is 8.50. The fraction of sp³-hybridized carbons (Fsp3) is 0.417. The highest BCUT2D eigenvalue weighted by molar-refractivity contribution is 6.29. The van der Waals surface area contributed by atoms with Crippen LogP contribution in [0.25, 0.3) is 11.0 Å². The van der Waals surface area contributed by atoms with Crippen molar-refractivity contribution in [2.24, 2.45) is 5.92 Å². The second kappa shape index (κ2) is 7.83. The summed E-state index contributed by atoms with van der Waals surface area (Å²) >= 11 is 6.08. The quantitative estimate of drug-likeness (QED) is 0.545. The van der Waals surface area contributed by atoms with E-state index in [0.717, 1.165) is 48.4 Å². The van der Waals surface area contributed by atoms with Crippen LogP contribution < -0.4 is 0 Å². The molecule has 3 heterocycles. The number of pyridine rings is 1. The second-order valence-corrected chi connectivity index (χ2v) is 8.89. The Morgan fingerprint density at radius 1 is 1.10 bits per heavy atom.